The smallest absolute Gasteiger partial charge is 0.320 e. The summed E-state index contributed by atoms with van der Waals surface area (Å²) < 4.78 is 11.1. The van der Waals surface area contributed by atoms with Crippen molar-refractivity contribution >= 4 is 44.4 Å². The van der Waals surface area contributed by atoms with Crippen molar-refractivity contribution in [2.75, 3.05) is 23.8 Å². The summed E-state index contributed by atoms with van der Waals surface area (Å²) in [7, 11) is -1.86. The number of hydrogen-bond acceptors (Lipinski definition) is 7. The summed E-state index contributed by atoms with van der Waals surface area (Å²) in [5.41, 5.74) is 0. The van der Waals surface area contributed by atoms with Gasteiger partial charge in [-0.05, 0) is 80.9 Å². The van der Waals surface area contributed by atoms with Crippen LogP contribution in [-0.4, -0.2) is 60.8 Å². The van der Waals surface area contributed by atoms with Crippen molar-refractivity contribution in [1.82, 2.24) is 20.6 Å². The van der Waals surface area contributed by atoms with Gasteiger partial charge >= 0.3 is 12.1 Å². The fourth-order valence-corrected chi connectivity index (χ4v) is 6.12. The number of carbonyl (C=O) groups excluding carboxylic acids is 2. The lowest BCUT2D eigenvalue weighted by molar-refractivity contribution is 0.198. The van der Waals surface area contributed by atoms with Gasteiger partial charge in [0.2, 0.25) is 0 Å². The van der Waals surface area contributed by atoms with Crippen LogP contribution in [-0.2, 0) is 4.74 Å². The molecule has 1 saturated heterocycles. The zero-order valence-electron chi connectivity index (χ0n) is 28.9. The second kappa shape index (κ2) is 20.3. The van der Waals surface area contributed by atoms with Gasteiger partial charge in [-0.25, -0.2) is 19.6 Å². The molecule has 0 radical (unpaired) electrons. The van der Waals surface area contributed by atoms with Crippen molar-refractivity contribution in [2.45, 2.75) is 128 Å². The predicted molar refractivity (Wildman–Crippen MR) is 193 cm³/mol. The van der Waals surface area contributed by atoms with Crippen LogP contribution in [0.5, 0.6) is 11.5 Å². The van der Waals surface area contributed by atoms with Gasteiger partial charge in [0.1, 0.15) is 23.1 Å². The molecule has 5 rings (SSSR count). The Morgan fingerprint density at radius 3 is 1.60 bits per heavy atom. The number of aromatic nitrogens is 2. The monoisotopic (exact) mass is 692 g/mol. The van der Waals surface area contributed by atoms with E-state index >= 15 is 0 Å². The fraction of sp³-hybridized carbons (Fsp3) is 0.647. The number of carbonyl (C=O) groups is 2. The van der Waals surface area contributed by atoms with Gasteiger partial charge in [0, 0.05) is 25.3 Å². The van der Waals surface area contributed by atoms with Crippen molar-refractivity contribution in [3.05, 3.63) is 36.7 Å². The predicted octanol–water partition coefficient (Wildman–Crippen LogP) is 8.38. The van der Waals surface area contributed by atoms with Crippen molar-refractivity contribution in [3.8, 4) is 11.5 Å². The number of hydrogen-bond donors (Lipinski definition) is 5. The van der Waals surface area contributed by atoms with E-state index in [4.69, 9.17) is 14.3 Å². The lowest BCUT2D eigenvalue weighted by Crippen LogP contribution is -2.43. The fourth-order valence-electron chi connectivity index (χ4n) is 5.10. The number of urea groups is 2. The maximum atomic E-state index is 12.0. The number of anilines is 2. The van der Waals surface area contributed by atoms with Crippen molar-refractivity contribution in [3.63, 3.8) is 0 Å². The molecule has 0 atom stereocenters. The first-order valence-corrected chi connectivity index (χ1v) is 19.8. The minimum absolute atomic E-state index is 0. The van der Waals surface area contributed by atoms with Crippen LogP contribution in [0.25, 0.3) is 0 Å². The minimum Gasteiger partial charge on any atom is -0.542 e. The van der Waals surface area contributed by atoms with Crippen LogP contribution >= 0.6 is 12.4 Å². The van der Waals surface area contributed by atoms with Gasteiger partial charge in [0.25, 0.3) is 8.32 Å². The Morgan fingerprint density at radius 2 is 1.23 bits per heavy atom. The zero-order valence-corrected chi connectivity index (χ0v) is 30.7. The third-order valence-corrected chi connectivity index (χ3v) is 13.2. The molecule has 13 heteroatoms. The number of halogens is 1. The minimum atomic E-state index is -1.86. The van der Waals surface area contributed by atoms with Gasteiger partial charge < -0.3 is 24.9 Å². The number of nitrogens with zero attached hydrogens (tertiary/aromatic N) is 2. The molecular weight excluding hydrogens is 636 g/mol. The molecule has 3 fully saturated rings. The molecular formula is C34H57ClN6O5Si. The number of ether oxygens (including phenoxy) is 1. The highest BCUT2D eigenvalue weighted by Crippen LogP contribution is 2.37. The Hall–Kier alpha value is -3.09. The first-order chi connectivity index (χ1) is 21.9. The molecule has 1 aliphatic heterocycles. The summed E-state index contributed by atoms with van der Waals surface area (Å²) in [5, 5.41) is 20.6. The standard InChI is InChI=1S/C18H31N3O2Si.C12H17N3O2.C4H8O.ClH/c1-18(2,3)24(4,5)23-15-11-12-16(19-13-15)21-17(22)20-14-9-7-6-8-10-14;16-10-6-7-11(13-8-10)15-12(17)14-9-4-2-1-3-5-9;1-2-4-5-3-1;/h11-14H,6-10H2,1-5H3,(H2,19,20,21,22);6-9,16H,1-5H2,(H2,13,14,15,17);1-4H2;1H. The topological polar surface area (TPSA) is 147 Å². The number of pyridine rings is 2. The first-order valence-electron chi connectivity index (χ1n) is 16.9. The molecule has 2 aliphatic carbocycles. The van der Waals surface area contributed by atoms with Crippen LogP contribution in [0.2, 0.25) is 18.1 Å². The Morgan fingerprint density at radius 1 is 0.766 bits per heavy atom. The SMILES string of the molecule is C1CCOC1.CC(C)(C)[Si](C)(C)Oc1ccc(NC(=O)NC2CCCCC2)nc1.Cl.O=C(Nc1ccc(O)cn1)NC1CCCCC1. The molecule has 5 N–H and O–H groups in total. The quantitative estimate of drug-likeness (QED) is 0.191. The maximum Gasteiger partial charge on any atom is 0.320 e. The number of aromatic hydroxyl groups is 1. The number of amides is 4. The highest BCUT2D eigenvalue weighted by molar-refractivity contribution is 6.74. The van der Waals surface area contributed by atoms with Crippen molar-refractivity contribution in [2.24, 2.45) is 0 Å². The van der Waals surface area contributed by atoms with Gasteiger partial charge in [-0.2, -0.15) is 0 Å². The highest BCUT2D eigenvalue weighted by atomic mass is 35.5. The van der Waals surface area contributed by atoms with E-state index in [1.54, 1.807) is 18.3 Å². The van der Waals surface area contributed by atoms with Gasteiger partial charge in [-0.1, -0.05) is 59.3 Å². The van der Waals surface area contributed by atoms with Gasteiger partial charge in [0.05, 0.1) is 12.4 Å². The van der Waals surface area contributed by atoms with Crippen molar-refractivity contribution in [1.29, 1.82) is 0 Å². The van der Waals surface area contributed by atoms with Crippen molar-refractivity contribution < 1.29 is 23.9 Å². The molecule has 0 unspecified atom stereocenters. The molecule has 264 valence electrons. The molecule has 47 heavy (non-hydrogen) atoms. The van der Waals surface area contributed by atoms with Gasteiger partial charge in [-0.15, -0.1) is 12.4 Å². The molecule has 0 bridgehead atoms. The Balaban J connectivity index is 0.000000289. The molecule has 11 nitrogen and oxygen atoms in total. The molecule has 0 aromatic carbocycles. The van der Waals surface area contributed by atoms with E-state index in [1.165, 1.54) is 63.6 Å². The largest absolute Gasteiger partial charge is 0.542 e. The lowest BCUT2D eigenvalue weighted by Gasteiger charge is -2.36. The molecule has 3 aliphatic rings. The summed E-state index contributed by atoms with van der Waals surface area (Å²) in [6, 6.07) is 6.90. The van der Waals surface area contributed by atoms with E-state index in [2.05, 4.69) is 65.1 Å². The van der Waals surface area contributed by atoms with Crippen LogP contribution in [0.4, 0.5) is 21.2 Å². The average molecular weight is 693 g/mol. The Kier molecular flexibility index (Phi) is 17.3. The summed E-state index contributed by atoms with van der Waals surface area (Å²) in [6.45, 7) is 13.0. The van der Waals surface area contributed by atoms with E-state index in [0.717, 1.165) is 44.6 Å². The lowest BCUT2D eigenvalue weighted by atomic mass is 9.96. The third kappa shape index (κ3) is 15.6. The molecule has 2 aromatic rings. The van der Waals surface area contributed by atoms with Crippen LogP contribution < -0.4 is 25.7 Å². The number of nitrogens with one attached hydrogen (secondary N) is 4. The van der Waals surface area contributed by atoms with E-state index in [0.29, 0.717) is 17.7 Å². The second-order valence-corrected chi connectivity index (χ2v) is 18.6. The molecule has 3 heterocycles. The Bertz CT molecular complexity index is 1170. The molecule has 0 spiro atoms. The van der Waals surface area contributed by atoms with Crippen LogP contribution in [0.15, 0.2) is 36.7 Å². The second-order valence-electron chi connectivity index (χ2n) is 13.8. The van der Waals surface area contributed by atoms with Crippen LogP contribution in [0.1, 0.15) is 97.8 Å². The van der Waals surface area contributed by atoms with Crippen LogP contribution in [0.3, 0.4) is 0 Å². The van der Waals surface area contributed by atoms with E-state index in [1.807, 2.05) is 6.07 Å². The number of rotatable bonds is 6. The first kappa shape index (κ1) is 40.1. The highest BCUT2D eigenvalue weighted by Gasteiger charge is 2.39. The molecule has 2 saturated carbocycles. The normalized spacial score (nSPS) is 17.0. The van der Waals surface area contributed by atoms with E-state index in [-0.39, 0.29) is 41.3 Å². The molecule has 4 amide bonds. The maximum absolute atomic E-state index is 12.0. The van der Waals surface area contributed by atoms with Gasteiger partial charge in [-0.3, -0.25) is 10.6 Å². The zero-order chi connectivity index (χ0) is 33.4. The summed E-state index contributed by atoms with van der Waals surface area (Å²) in [4.78, 5) is 31.9. The third-order valence-electron chi connectivity index (χ3n) is 8.85. The Labute approximate surface area is 288 Å². The van der Waals surface area contributed by atoms with Crippen LogP contribution in [0, 0.1) is 0 Å². The summed E-state index contributed by atoms with van der Waals surface area (Å²) in [6.07, 6.45) is 17.1. The van der Waals surface area contributed by atoms with Gasteiger partial charge in [0.15, 0.2) is 0 Å². The average Bonchev–Trinajstić information content (AvgIpc) is 3.61. The summed E-state index contributed by atoms with van der Waals surface area (Å²) in [5.74, 6) is 1.84. The van der Waals surface area contributed by atoms with E-state index in [9.17, 15) is 9.59 Å². The van der Waals surface area contributed by atoms with E-state index < -0.39 is 8.32 Å². The summed E-state index contributed by atoms with van der Waals surface area (Å²) >= 11 is 0. The molecule has 2 aromatic heterocycles.